The Morgan fingerprint density at radius 2 is 1.73 bits per heavy atom. The second-order valence-electron chi connectivity index (χ2n) is 6.66. The quantitative estimate of drug-likeness (QED) is 0.594. The number of rotatable bonds is 5. The number of nitrogens with one attached hydrogen (secondary N) is 1. The summed E-state index contributed by atoms with van der Waals surface area (Å²) >= 11 is 7.00. The highest BCUT2D eigenvalue weighted by Gasteiger charge is 2.30. The van der Waals surface area contributed by atoms with E-state index in [0.717, 1.165) is 11.3 Å². The van der Waals surface area contributed by atoms with E-state index in [-0.39, 0.29) is 14.9 Å². The predicted molar refractivity (Wildman–Crippen MR) is 116 cm³/mol. The molecule has 4 rings (SSSR count). The van der Waals surface area contributed by atoms with Crippen molar-refractivity contribution in [3.63, 3.8) is 0 Å². The Bertz CT molecular complexity index is 1310. The van der Waals surface area contributed by atoms with Crippen LogP contribution in [0.15, 0.2) is 52.3 Å². The van der Waals surface area contributed by atoms with Gasteiger partial charge in [0.2, 0.25) is 5.13 Å². The Hall–Kier alpha value is -2.21. The Kier molecular flexibility index (Phi) is 5.47. The van der Waals surface area contributed by atoms with E-state index in [2.05, 4.69) is 14.9 Å². The number of anilines is 2. The molecule has 1 N–H and O–H groups in total. The van der Waals surface area contributed by atoms with E-state index in [1.54, 1.807) is 6.92 Å². The number of nitrogens with zero attached hydrogens (tertiary/aromatic N) is 3. The zero-order valence-corrected chi connectivity index (χ0v) is 18.9. The molecule has 1 aromatic heterocycles. The number of hydrogen-bond donors (Lipinski definition) is 1. The summed E-state index contributed by atoms with van der Waals surface area (Å²) in [6, 6.07) is 10.4. The molecular weight excluding hydrogens is 468 g/mol. The zero-order valence-electron chi connectivity index (χ0n) is 15.7. The highest BCUT2D eigenvalue weighted by Crippen LogP contribution is 2.34. The highest BCUT2D eigenvalue weighted by atomic mass is 35.5. The van der Waals surface area contributed by atoms with Crippen molar-refractivity contribution >= 4 is 53.8 Å². The summed E-state index contributed by atoms with van der Waals surface area (Å²) in [5, 5.41) is 8.84. The molecule has 2 aromatic carbocycles. The second-order valence-corrected chi connectivity index (χ2v) is 11.8. The van der Waals surface area contributed by atoms with Crippen LogP contribution in [0.25, 0.3) is 0 Å². The summed E-state index contributed by atoms with van der Waals surface area (Å²) < 4.78 is 55.4. The predicted octanol–water partition coefficient (Wildman–Crippen LogP) is 3.44. The first-order valence-corrected chi connectivity index (χ1v) is 13.0. The lowest BCUT2D eigenvalue weighted by Crippen LogP contribution is -2.35. The third-order valence-electron chi connectivity index (χ3n) is 4.59. The van der Waals surface area contributed by atoms with Gasteiger partial charge < -0.3 is 0 Å². The van der Waals surface area contributed by atoms with Gasteiger partial charge in [-0.3, -0.25) is 9.03 Å². The van der Waals surface area contributed by atoms with Crippen LogP contribution in [0.5, 0.6) is 0 Å². The molecule has 12 heteroatoms. The van der Waals surface area contributed by atoms with Crippen LogP contribution in [0.4, 0.5) is 10.8 Å². The Morgan fingerprint density at radius 3 is 2.40 bits per heavy atom. The molecule has 0 saturated carbocycles. The van der Waals surface area contributed by atoms with Gasteiger partial charge in [0.1, 0.15) is 5.01 Å². The minimum Gasteiger partial charge on any atom is -0.266 e. The average molecular weight is 485 g/mol. The number of halogens is 1. The average Bonchev–Trinajstić information content (AvgIpc) is 3.11. The van der Waals surface area contributed by atoms with E-state index in [9.17, 15) is 16.8 Å². The van der Waals surface area contributed by atoms with Gasteiger partial charge >= 0.3 is 0 Å². The van der Waals surface area contributed by atoms with Crippen LogP contribution in [0.3, 0.4) is 0 Å². The number of aryl methyl sites for hydroxylation is 2. The van der Waals surface area contributed by atoms with Crippen LogP contribution in [-0.2, 0) is 26.5 Å². The van der Waals surface area contributed by atoms with Crippen molar-refractivity contribution in [2.75, 3.05) is 15.6 Å². The maximum Gasteiger partial charge on any atom is 0.264 e. The fourth-order valence-corrected chi connectivity index (χ4v) is 6.74. The van der Waals surface area contributed by atoms with E-state index in [0.29, 0.717) is 40.7 Å². The van der Waals surface area contributed by atoms with Crippen molar-refractivity contribution in [3.05, 3.63) is 58.1 Å². The molecule has 0 atom stereocenters. The molecule has 0 saturated heterocycles. The van der Waals surface area contributed by atoms with E-state index >= 15 is 0 Å². The first-order valence-electron chi connectivity index (χ1n) is 8.91. The molecule has 0 unspecified atom stereocenters. The number of fused-ring (bicyclic) bond motifs is 1. The van der Waals surface area contributed by atoms with Gasteiger partial charge in [0.25, 0.3) is 20.0 Å². The molecule has 2 heterocycles. The summed E-state index contributed by atoms with van der Waals surface area (Å²) in [5.41, 5.74) is 1.12. The largest absolute Gasteiger partial charge is 0.266 e. The van der Waals surface area contributed by atoms with Crippen LogP contribution < -0.4 is 9.03 Å². The van der Waals surface area contributed by atoms with Crippen LogP contribution in [-0.4, -0.2) is 33.6 Å². The van der Waals surface area contributed by atoms with E-state index in [1.165, 1.54) is 46.8 Å². The first-order chi connectivity index (χ1) is 14.2. The van der Waals surface area contributed by atoms with Crippen LogP contribution >= 0.6 is 22.9 Å². The highest BCUT2D eigenvalue weighted by molar-refractivity contribution is 7.93. The fraction of sp³-hybridized carbons (Fsp3) is 0.222. The van der Waals surface area contributed by atoms with Crippen LogP contribution in [0.2, 0.25) is 5.02 Å². The summed E-state index contributed by atoms with van der Waals surface area (Å²) in [5.74, 6) is 0. The molecule has 8 nitrogen and oxygen atoms in total. The van der Waals surface area contributed by atoms with Crippen molar-refractivity contribution in [1.29, 1.82) is 0 Å². The molecule has 158 valence electrons. The van der Waals surface area contributed by atoms with Crippen molar-refractivity contribution in [2.24, 2.45) is 0 Å². The molecule has 1 aliphatic rings. The number of benzene rings is 2. The third-order valence-corrected chi connectivity index (χ3v) is 8.89. The van der Waals surface area contributed by atoms with Crippen molar-refractivity contribution in [1.82, 2.24) is 10.2 Å². The molecule has 0 radical (unpaired) electrons. The molecule has 0 bridgehead atoms. The van der Waals surface area contributed by atoms with E-state index < -0.39 is 20.0 Å². The smallest absolute Gasteiger partial charge is 0.264 e. The summed E-state index contributed by atoms with van der Waals surface area (Å²) in [6.45, 7) is 2.04. The Morgan fingerprint density at radius 1 is 1.03 bits per heavy atom. The second kappa shape index (κ2) is 7.80. The standard InChI is InChI=1S/C18H17ClN4O4S3/c1-12-20-21-18(28-12)22-29(24,25)16-8-9-17-13(11-16)3-2-10-23(17)30(26,27)15-6-4-14(19)5-7-15/h4-9,11H,2-3,10H2,1H3,(H,21,22). The minimum atomic E-state index is -3.87. The monoisotopic (exact) mass is 484 g/mol. The zero-order chi connectivity index (χ0) is 21.5. The van der Waals surface area contributed by atoms with Gasteiger partial charge in [-0.2, -0.15) is 0 Å². The molecule has 0 amide bonds. The Balaban J connectivity index is 1.68. The molecule has 0 spiro atoms. The third kappa shape index (κ3) is 4.02. The molecule has 3 aromatic rings. The summed E-state index contributed by atoms with van der Waals surface area (Å²) in [7, 11) is -7.66. The Labute approximate surface area is 183 Å². The van der Waals surface area contributed by atoms with Gasteiger partial charge in [0.15, 0.2) is 0 Å². The fourth-order valence-electron chi connectivity index (χ4n) is 3.20. The molecule has 0 fully saturated rings. The van der Waals surface area contributed by atoms with Gasteiger partial charge in [0, 0.05) is 11.6 Å². The van der Waals surface area contributed by atoms with Gasteiger partial charge in [-0.25, -0.2) is 16.8 Å². The van der Waals surface area contributed by atoms with Gasteiger partial charge in [-0.15, -0.1) is 10.2 Å². The molecule has 1 aliphatic heterocycles. The number of hydrogen-bond acceptors (Lipinski definition) is 7. The lowest BCUT2D eigenvalue weighted by atomic mass is 10.0. The maximum atomic E-state index is 13.1. The number of aromatic nitrogens is 2. The SMILES string of the molecule is Cc1nnc(NS(=O)(=O)c2ccc3c(c2)CCCN3S(=O)(=O)c2ccc(Cl)cc2)s1. The molecular formula is C18H17ClN4O4S3. The first kappa shape index (κ1) is 21.0. The minimum absolute atomic E-state index is 0.0415. The van der Waals surface area contributed by atoms with E-state index in [1.807, 2.05) is 0 Å². The summed E-state index contributed by atoms with van der Waals surface area (Å²) in [6.07, 6.45) is 1.15. The van der Waals surface area contributed by atoms with Crippen LogP contribution in [0, 0.1) is 6.92 Å². The lowest BCUT2D eigenvalue weighted by Gasteiger charge is -2.30. The normalized spacial score (nSPS) is 14.4. The topological polar surface area (TPSA) is 109 Å². The molecule has 30 heavy (non-hydrogen) atoms. The lowest BCUT2D eigenvalue weighted by molar-refractivity contribution is 0.586. The number of sulfonamides is 2. The van der Waals surface area contributed by atoms with Crippen molar-refractivity contribution in [2.45, 2.75) is 29.6 Å². The van der Waals surface area contributed by atoms with Crippen LogP contribution in [0.1, 0.15) is 17.0 Å². The summed E-state index contributed by atoms with van der Waals surface area (Å²) in [4.78, 5) is 0.171. The van der Waals surface area contributed by atoms with Gasteiger partial charge in [0.05, 0.1) is 15.5 Å². The maximum absolute atomic E-state index is 13.1. The van der Waals surface area contributed by atoms with Gasteiger partial charge in [-0.05, 0) is 67.8 Å². The van der Waals surface area contributed by atoms with Gasteiger partial charge in [-0.1, -0.05) is 22.9 Å². The van der Waals surface area contributed by atoms with Crippen molar-refractivity contribution < 1.29 is 16.8 Å². The van der Waals surface area contributed by atoms with E-state index in [4.69, 9.17) is 11.6 Å². The van der Waals surface area contributed by atoms with Crippen molar-refractivity contribution in [3.8, 4) is 0 Å². The molecule has 0 aliphatic carbocycles.